The van der Waals surface area contributed by atoms with Crippen LogP contribution in [0.25, 0.3) is 0 Å². The third-order valence-corrected chi connectivity index (χ3v) is 7.66. The molecule has 2 heterocycles. The Morgan fingerprint density at radius 1 is 1.14 bits per heavy atom. The normalized spacial score (nSPS) is 25.4. The number of rotatable bonds is 6. The molecule has 2 N–H and O–H groups in total. The van der Waals surface area contributed by atoms with Crippen LogP contribution in [0.1, 0.15) is 42.8 Å². The van der Waals surface area contributed by atoms with Crippen LogP contribution in [-0.2, 0) is 14.9 Å². The van der Waals surface area contributed by atoms with Crippen LogP contribution < -0.4 is 10.6 Å². The fraction of sp³-hybridized carbons (Fsp3) is 0.560. The summed E-state index contributed by atoms with van der Waals surface area (Å²) in [6, 6.07) is 0.283. The van der Waals surface area contributed by atoms with Crippen molar-refractivity contribution in [3.05, 3.63) is 56.8 Å². The minimum Gasteiger partial charge on any atom is -0.381 e. The number of halogens is 6. The second kappa shape index (κ2) is 10.8. The van der Waals surface area contributed by atoms with Crippen molar-refractivity contribution in [3.8, 4) is 0 Å². The van der Waals surface area contributed by atoms with Crippen LogP contribution >= 0.6 is 11.3 Å². The number of nitrogens with zero attached hydrogens (tertiary/aromatic N) is 1. The zero-order chi connectivity index (χ0) is 26.8. The van der Waals surface area contributed by atoms with Gasteiger partial charge in [-0.15, -0.1) is 17.1 Å². The summed E-state index contributed by atoms with van der Waals surface area (Å²) in [4.78, 5) is 18.1. The molecule has 0 aromatic carbocycles. The fourth-order valence-electron chi connectivity index (χ4n) is 4.97. The summed E-state index contributed by atoms with van der Waals surface area (Å²) in [6.07, 6.45) is -5.01. The topological polar surface area (TPSA) is 63.2 Å². The Hall–Kier alpha value is -2.40. The Balaban J connectivity index is 1.55. The van der Waals surface area contributed by atoms with Gasteiger partial charge in [-0.05, 0) is 62.8 Å². The number of allylic oxidation sites excluding steroid dienone is 3. The van der Waals surface area contributed by atoms with Gasteiger partial charge in [-0.25, -0.2) is 4.98 Å². The van der Waals surface area contributed by atoms with Crippen LogP contribution in [0.4, 0.5) is 26.3 Å². The lowest BCUT2D eigenvalue weighted by molar-refractivity contribution is -0.126. The Bertz CT molecular complexity index is 1140. The molecule has 37 heavy (non-hydrogen) atoms. The number of nitrogens with one attached hydrogen (secondary N) is 2. The first-order chi connectivity index (χ1) is 17.4. The van der Waals surface area contributed by atoms with E-state index in [1.807, 2.05) is 6.92 Å². The van der Waals surface area contributed by atoms with Crippen LogP contribution in [0.3, 0.4) is 0 Å². The molecule has 4 rings (SSSR count). The van der Waals surface area contributed by atoms with Gasteiger partial charge in [0.2, 0.25) is 5.91 Å². The molecular weight excluding hydrogens is 520 g/mol. The van der Waals surface area contributed by atoms with Crippen molar-refractivity contribution in [2.45, 2.75) is 68.9 Å². The average molecular weight is 548 g/mol. The standard InChI is InChI=1S/C25H27F6N3O2S/c1-15-33-21(14-37-15)23(7-4-20(12-23)34-19-5-8-36-9-6-19)22(35)32-13-16-10-17(24(26,27)28)2-3-18(11-16)25(29,30)31/h2,10-11,14,19-20,34H,4-9,12-13H2,1H3,(H,32,35). The third kappa shape index (κ3) is 6.54. The van der Waals surface area contributed by atoms with Crippen LogP contribution in [-0.4, -0.2) is 55.1 Å². The van der Waals surface area contributed by atoms with Gasteiger partial charge in [0.05, 0.1) is 27.3 Å². The number of hydrogen-bond acceptors (Lipinski definition) is 5. The SMILES string of the molecule is Cc1nc(C2(C(=O)NCC3=CC(C(F)(F)F)=C=CC(C(F)(F)F)=C3)CCC(NC3CCOCC3)C2)cs1. The first-order valence-corrected chi connectivity index (χ1v) is 12.8. The van der Waals surface area contributed by atoms with E-state index in [9.17, 15) is 31.1 Å². The number of thiazole rings is 1. The van der Waals surface area contributed by atoms with E-state index in [0.717, 1.165) is 17.8 Å². The van der Waals surface area contributed by atoms with Gasteiger partial charge in [-0.3, -0.25) is 4.79 Å². The predicted octanol–water partition coefficient (Wildman–Crippen LogP) is 5.20. The van der Waals surface area contributed by atoms with E-state index in [2.05, 4.69) is 15.6 Å². The zero-order valence-electron chi connectivity index (χ0n) is 20.1. The van der Waals surface area contributed by atoms with Gasteiger partial charge < -0.3 is 15.4 Å². The number of ether oxygens (including phenoxy) is 1. The summed E-state index contributed by atoms with van der Waals surface area (Å²) in [6.45, 7) is 2.63. The van der Waals surface area contributed by atoms with Gasteiger partial charge >= 0.3 is 12.4 Å². The van der Waals surface area contributed by atoms with E-state index in [-0.39, 0.29) is 23.7 Å². The highest BCUT2D eigenvalue weighted by atomic mass is 32.1. The van der Waals surface area contributed by atoms with Crippen molar-refractivity contribution in [3.63, 3.8) is 0 Å². The highest BCUT2D eigenvalue weighted by Crippen LogP contribution is 2.42. The van der Waals surface area contributed by atoms with E-state index >= 15 is 0 Å². The zero-order valence-corrected chi connectivity index (χ0v) is 20.9. The molecule has 0 radical (unpaired) electrons. The first-order valence-electron chi connectivity index (χ1n) is 11.9. The molecule has 5 nitrogen and oxygen atoms in total. The minimum absolute atomic E-state index is 0.0219. The monoisotopic (exact) mass is 547 g/mol. The number of carbonyl (C=O) groups is 1. The van der Waals surface area contributed by atoms with Crippen molar-refractivity contribution in [1.29, 1.82) is 0 Å². The van der Waals surface area contributed by atoms with E-state index in [1.54, 1.807) is 11.1 Å². The van der Waals surface area contributed by atoms with Crippen LogP contribution in [0, 0.1) is 6.92 Å². The second-order valence-corrected chi connectivity index (χ2v) is 10.6. The van der Waals surface area contributed by atoms with Gasteiger partial charge in [0, 0.05) is 37.2 Å². The molecule has 1 aliphatic heterocycles. The molecule has 2 aliphatic carbocycles. The lowest BCUT2D eigenvalue weighted by Gasteiger charge is -2.29. The molecule has 202 valence electrons. The highest BCUT2D eigenvalue weighted by molar-refractivity contribution is 7.09. The molecule has 1 aromatic rings. The number of carbonyl (C=O) groups excluding carboxylic acids is 1. The summed E-state index contributed by atoms with van der Waals surface area (Å²) in [5, 5.41) is 8.77. The molecule has 0 bridgehead atoms. The molecule has 2 unspecified atom stereocenters. The fourth-order valence-corrected chi connectivity index (χ4v) is 5.68. The minimum atomic E-state index is -4.89. The van der Waals surface area contributed by atoms with Crippen molar-refractivity contribution in [2.24, 2.45) is 0 Å². The molecule has 1 aromatic heterocycles. The number of hydrogen-bond donors (Lipinski definition) is 2. The molecule has 1 amide bonds. The predicted molar refractivity (Wildman–Crippen MR) is 126 cm³/mol. The maximum absolute atomic E-state index is 13.6. The Morgan fingerprint density at radius 2 is 1.86 bits per heavy atom. The van der Waals surface area contributed by atoms with Gasteiger partial charge in [0.25, 0.3) is 0 Å². The molecule has 2 atom stereocenters. The molecule has 1 saturated heterocycles. The van der Waals surface area contributed by atoms with Gasteiger partial charge in [0.15, 0.2) is 0 Å². The first kappa shape index (κ1) is 27.6. The summed E-state index contributed by atoms with van der Waals surface area (Å²) >= 11 is 1.38. The largest absolute Gasteiger partial charge is 0.423 e. The van der Waals surface area contributed by atoms with Crippen molar-refractivity contribution in [1.82, 2.24) is 15.6 Å². The molecule has 1 saturated carbocycles. The van der Waals surface area contributed by atoms with E-state index in [0.29, 0.717) is 50.3 Å². The van der Waals surface area contributed by atoms with Crippen molar-refractivity contribution in [2.75, 3.05) is 19.8 Å². The summed E-state index contributed by atoms with van der Waals surface area (Å²) in [7, 11) is 0. The Kier molecular flexibility index (Phi) is 8.04. The van der Waals surface area contributed by atoms with Gasteiger partial charge in [-0.1, -0.05) is 0 Å². The number of alkyl halides is 6. The van der Waals surface area contributed by atoms with E-state index in [4.69, 9.17) is 4.74 Å². The Labute approximate surface area is 214 Å². The molecule has 3 aliphatic rings. The smallest absolute Gasteiger partial charge is 0.381 e. The highest BCUT2D eigenvalue weighted by Gasteiger charge is 2.48. The van der Waals surface area contributed by atoms with Crippen molar-refractivity contribution >= 4 is 17.2 Å². The van der Waals surface area contributed by atoms with Gasteiger partial charge in [0.1, 0.15) is 0 Å². The molecule has 0 spiro atoms. The van der Waals surface area contributed by atoms with Gasteiger partial charge in [-0.2, -0.15) is 26.3 Å². The third-order valence-electron chi connectivity index (χ3n) is 6.89. The Morgan fingerprint density at radius 3 is 2.49 bits per heavy atom. The molecular formula is C25H27F6N3O2S. The maximum Gasteiger partial charge on any atom is 0.423 e. The quantitative estimate of drug-likeness (QED) is 0.380. The lowest BCUT2D eigenvalue weighted by atomic mass is 9.81. The van der Waals surface area contributed by atoms with Crippen molar-refractivity contribution < 1.29 is 35.9 Å². The van der Waals surface area contributed by atoms with E-state index in [1.165, 1.54) is 11.3 Å². The molecule has 12 heteroatoms. The second-order valence-electron chi connectivity index (χ2n) is 9.53. The number of aryl methyl sites for hydroxylation is 1. The number of amides is 1. The van der Waals surface area contributed by atoms with E-state index < -0.39 is 41.4 Å². The summed E-state index contributed by atoms with van der Waals surface area (Å²) in [5.41, 5.74) is -1.72. The van der Waals surface area contributed by atoms with Crippen LogP contribution in [0.15, 0.2) is 46.1 Å². The lowest BCUT2D eigenvalue weighted by Crippen LogP contribution is -2.46. The molecule has 2 fully saturated rings. The summed E-state index contributed by atoms with van der Waals surface area (Å²) < 4.78 is 85.3. The summed E-state index contributed by atoms with van der Waals surface area (Å²) in [5.74, 6) is -0.466. The van der Waals surface area contributed by atoms with Crippen LogP contribution in [0.5, 0.6) is 0 Å². The maximum atomic E-state index is 13.6. The average Bonchev–Trinajstić information content (AvgIpc) is 3.37. The number of aromatic nitrogens is 1. The van der Waals surface area contributed by atoms with Crippen LogP contribution in [0.2, 0.25) is 0 Å².